The lowest BCUT2D eigenvalue weighted by Crippen LogP contribution is -2.52. The molecule has 0 saturated carbocycles. The van der Waals surface area contributed by atoms with Gasteiger partial charge in [0.2, 0.25) is 5.91 Å². The second-order valence-corrected chi connectivity index (χ2v) is 8.42. The number of likely N-dealkylation sites (tertiary alicyclic amines) is 1. The zero-order chi connectivity index (χ0) is 21.2. The number of nitrogens with zero attached hydrogens (tertiary/aromatic N) is 7. The van der Waals surface area contributed by atoms with Crippen LogP contribution in [0.2, 0.25) is 0 Å². The Morgan fingerprint density at radius 2 is 1.68 bits per heavy atom. The summed E-state index contributed by atoms with van der Waals surface area (Å²) in [6.07, 6.45) is 6.88. The van der Waals surface area contributed by atoms with Crippen LogP contribution in [0.3, 0.4) is 0 Å². The molecule has 162 valence electrons. The quantitative estimate of drug-likeness (QED) is 0.646. The van der Waals surface area contributed by atoms with E-state index in [0.717, 1.165) is 74.5 Å². The lowest BCUT2D eigenvalue weighted by Gasteiger charge is -2.41. The van der Waals surface area contributed by atoms with Gasteiger partial charge in [-0.15, -0.1) is 0 Å². The van der Waals surface area contributed by atoms with E-state index >= 15 is 0 Å². The molecule has 8 nitrogen and oxygen atoms in total. The standard InChI is InChI=1S/C23H29N7O/c1-27-21-19(16-26-27)22(25-17-24-21)29-14-12-28(13-15-29)20(18-8-4-2-5-9-18)23(31)30-10-6-3-7-11-30/h2,4-5,8-9,16-17,20H,3,6-7,10-15H2,1H3. The number of aromatic nitrogens is 4. The van der Waals surface area contributed by atoms with Crippen LogP contribution in [0.4, 0.5) is 5.82 Å². The molecule has 0 N–H and O–H groups in total. The summed E-state index contributed by atoms with van der Waals surface area (Å²) in [5.41, 5.74) is 1.93. The molecule has 0 radical (unpaired) electrons. The van der Waals surface area contributed by atoms with E-state index in [4.69, 9.17) is 0 Å². The largest absolute Gasteiger partial charge is 0.353 e. The maximum Gasteiger partial charge on any atom is 0.244 e. The fourth-order valence-electron chi connectivity index (χ4n) is 4.83. The van der Waals surface area contributed by atoms with Crippen LogP contribution in [0.1, 0.15) is 30.9 Å². The molecule has 0 bridgehead atoms. The number of hydrogen-bond acceptors (Lipinski definition) is 6. The van der Waals surface area contributed by atoms with E-state index in [1.807, 2.05) is 31.4 Å². The molecule has 1 aromatic carbocycles. The minimum atomic E-state index is -0.217. The Kier molecular flexibility index (Phi) is 5.55. The van der Waals surface area contributed by atoms with Crippen molar-refractivity contribution >= 4 is 22.8 Å². The summed E-state index contributed by atoms with van der Waals surface area (Å²) in [7, 11) is 1.90. The van der Waals surface area contributed by atoms with E-state index in [1.54, 1.807) is 11.0 Å². The van der Waals surface area contributed by atoms with Gasteiger partial charge < -0.3 is 9.80 Å². The molecule has 5 rings (SSSR count). The zero-order valence-electron chi connectivity index (χ0n) is 18.0. The minimum Gasteiger partial charge on any atom is -0.353 e. The Hall–Kier alpha value is -3.00. The highest BCUT2D eigenvalue weighted by Gasteiger charge is 2.34. The van der Waals surface area contributed by atoms with Crippen LogP contribution in [0.25, 0.3) is 11.0 Å². The van der Waals surface area contributed by atoms with Gasteiger partial charge >= 0.3 is 0 Å². The molecule has 2 aliphatic rings. The molecule has 1 unspecified atom stereocenters. The van der Waals surface area contributed by atoms with Crippen molar-refractivity contribution in [1.82, 2.24) is 29.5 Å². The molecule has 4 heterocycles. The predicted molar refractivity (Wildman–Crippen MR) is 120 cm³/mol. The average Bonchev–Trinajstić information content (AvgIpc) is 3.22. The van der Waals surface area contributed by atoms with E-state index in [-0.39, 0.29) is 11.9 Å². The average molecular weight is 420 g/mol. The van der Waals surface area contributed by atoms with E-state index < -0.39 is 0 Å². The summed E-state index contributed by atoms with van der Waals surface area (Å²) in [6, 6.07) is 10.0. The number of fused-ring (bicyclic) bond motifs is 1. The molecule has 2 saturated heterocycles. The highest BCUT2D eigenvalue weighted by molar-refractivity contribution is 5.87. The Morgan fingerprint density at radius 1 is 0.935 bits per heavy atom. The van der Waals surface area contributed by atoms with Crippen molar-refractivity contribution in [1.29, 1.82) is 0 Å². The number of carbonyl (C=O) groups is 1. The number of carbonyl (C=O) groups excluding carboxylic acids is 1. The molecule has 1 atom stereocenters. The van der Waals surface area contributed by atoms with Gasteiger partial charge in [-0.3, -0.25) is 14.4 Å². The minimum absolute atomic E-state index is 0.217. The van der Waals surface area contributed by atoms with Crippen molar-refractivity contribution in [2.75, 3.05) is 44.2 Å². The third-order valence-electron chi connectivity index (χ3n) is 6.50. The smallest absolute Gasteiger partial charge is 0.244 e. The van der Waals surface area contributed by atoms with E-state index in [9.17, 15) is 4.79 Å². The molecule has 0 spiro atoms. The lowest BCUT2D eigenvalue weighted by atomic mass is 10.0. The molecule has 8 heteroatoms. The van der Waals surface area contributed by atoms with Gasteiger partial charge in [0.1, 0.15) is 18.2 Å². The second kappa shape index (κ2) is 8.63. The first kappa shape index (κ1) is 19.9. The van der Waals surface area contributed by atoms with Crippen LogP contribution in [-0.2, 0) is 11.8 Å². The maximum atomic E-state index is 13.6. The summed E-state index contributed by atoms with van der Waals surface area (Å²) in [5.74, 6) is 1.17. The van der Waals surface area contributed by atoms with Crippen LogP contribution >= 0.6 is 0 Å². The number of amides is 1. The first-order chi connectivity index (χ1) is 15.2. The van der Waals surface area contributed by atoms with Gasteiger partial charge in [-0.2, -0.15) is 5.10 Å². The summed E-state index contributed by atoms with van der Waals surface area (Å²) >= 11 is 0. The highest BCUT2D eigenvalue weighted by Crippen LogP contribution is 2.29. The SMILES string of the molecule is Cn1ncc2c(N3CCN(C(C(=O)N4CCCCC4)c4ccccc4)CC3)ncnc21. The zero-order valence-corrected chi connectivity index (χ0v) is 18.0. The van der Waals surface area contributed by atoms with Gasteiger partial charge in [0.05, 0.1) is 11.6 Å². The maximum absolute atomic E-state index is 13.6. The number of aryl methyl sites for hydroxylation is 1. The summed E-state index contributed by atoms with van der Waals surface area (Å²) in [6.45, 7) is 5.01. The number of benzene rings is 1. The van der Waals surface area contributed by atoms with Crippen molar-refractivity contribution < 1.29 is 4.79 Å². The van der Waals surface area contributed by atoms with Gasteiger partial charge in [0.15, 0.2) is 5.65 Å². The van der Waals surface area contributed by atoms with E-state index in [0.29, 0.717) is 0 Å². The van der Waals surface area contributed by atoms with Crippen molar-refractivity contribution in [2.24, 2.45) is 7.05 Å². The number of piperidine rings is 1. The van der Waals surface area contributed by atoms with E-state index in [2.05, 4.69) is 41.9 Å². The lowest BCUT2D eigenvalue weighted by molar-refractivity contribution is -0.138. The van der Waals surface area contributed by atoms with E-state index in [1.165, 1.54) is 6.42 Å². The topological polar surface area (TPSA) is 70.4 Å². The molecular weight excluding hydrogens is 390 g/mol. The Bertz CT molecular complexity index is 1040. The molecule has 2 aromatic heterocycles. The van der Waals surface area contributed by atoms with Gasteiger partial charge in [0, 0.05) is 46.3 Å². The predicted octanol–water partition coefficient (Wildman–Crippen LogP) is 2.24. The van der Waals surface area contributed by atoms with Crippen LogP contribution < -0.4 is 4.90 Å². The Labute approximate surface area is 182 Å². The van der Waals surface area contributed by atoms with Crippen LogP contribution in [0.5, 0.6) is 0 Å². The summed E-state index contributed by atoms with van der Waals surface area (Å²) in [5, 5.41) is 5.31. The van der Waals surface area contributed by atoms with Crippen LogP contribution in [-0.4, -0.2) is 74.7 Å². The first-order valence-electron chi connectivity index (χ1n) is 11.2. The first-order valence-corrected chi connectivity index (χ1v) is 11.2. The van der Waals surface area contributed by atoms with Crippen molar-refractivity contribution in [2.45, 2.75) is 25.3 Å². The number of rotatable bonds is 4. The molecule has 1 amide bonds. The monoisotopic (exact) mass is 419 g/mol. The summed E-state index contributed by atoms with van der Waals surface area (Å²) in [4.78, 5) is 29.2. The van der Waals surface area contributed by atoms with Crippen LogP contribution in [0, 0.1) is 0 Å². The van der Waals surface area contributed by atoms with Crippen molar-refractivity contribution in [3.8, 4) is 0 Å². The molecule has 3 aromatic rings. The molecule has 0 aliphatic carbocycles. The van der Waals surface area contributed by atoms with Crippen molar-refractivity contribution in [3.63, 3.8) is 0 Å². The summed E-state index contributed by atoms with van der Waals surface area (Å²) < 4.78 is 1.78. The number of piperazine rings is 1. The van der Waals surface area contributed by atoms with Gasteiger partial charge in [-0.1, -0.05) is 30.3 Å². The Morgan fingerprint density at radius 3 is 2.42 bits per heavy atom. The third kappa shape index (κ3) is 3.87. The van der Waals surface area contributed by atoms with Gasteiger partial charge in [-0.25, -0.2) is 9.97 Å². The van der Waals surface area contributed by atoms with Crippen LogP contribution in [0.15, 0.2) is 42.9 Å². The second-order valence-electron chi connectivity index (χ2n) is 8.42. The molecular formula is C23H29N7O. The molecule has 31 heavy (non-hydrogen) atoms. The van der Waals surface area contributed by atoms with Gasteiger partial charge in [0.25, 0.3) is 0 Å². The van der Waals surface area contributed by atoms with Gasteiger partial charge in [-0.05, 0) is 24.8 Å². The fraction of sp³-hybridized carbons (Fsp3) is 0.478. The third-order valence-corrected chi connectivity index (χ3v) is 6.50. The fourth-order valence-corrected chi connectivity index (χ4v) is 4.83. The van der Waals surface area contributed by atoms with Crippen molar-refractivity contribution in [3.05, 3.63) is 48.4 Å². The number of hydrogen-bond donors (Lipinski definition) is 0. The highest BCUT2D eigenvalue weighted by atomic mass is 16.2. The molecule has 2 aliphatic heterocycles. The normalized spacial score (nSPS) is 19.0. The number of anilines is 1. The Balaban J connectivity index is 1.36. The molecule has 2 fully saturated rings.